The molecule has 0 aliphatic carbocycles. The van der Waals surface area contributed by atoms with Gasteiger partial charge in [0.25, 0.3) is 0 Å². The van der Waals surface area contributed by atoms with Crippen molar-refractivity contribution in [3.8, 4) is 11.5 Å². The zero-order chi connectivity index (χ0) is 13.5. The number of ether oxygens (including phenoxy) is 2. The number of aliphatic hydroxyl groups excluding tert-OH is 1. The van der Waals surface area contributed by atoms with E-state index in [0.29, 0.717) is 0 Å². The average Bonchev–Trinajstić information content (AvgIpc) is 2.43. The summed E-state index contributed by atoms with van der Waals surface area (Å²) in [5, 5.41) is 9.25. The third-order valence-corrected chi connectivity index (χ3v) is 3.17. The van der Waals surface area contributed by atoms with Crippen molar-refractivity contribution < 1.29 is 14.6 Å². The second kappa shape index (κ2) is 7.11. The van der Waals surface area contributed by atoms with Crippen LogP contribution >= 0.6 is 0 Å². The highest BCUT2D eigenvalue weighted by atomic mass is 16.5. The molecule has 0 bridgehead atoms. The Morgan fingerprint density at radius 3 is 2.50 bits per heavy atom. The van der Waals surface area contributed by atoms with Gasteiger partial charge in [-0.25, -0.2) is 0 Å². The Kier molecular flexibility index (Phi) is 5.78. The fourth-order valence-electron chi connectivity index (χ4n) is 1.90. The fraction of sp³-hybridized carbons (Fsp3) is 0.571. The van der Waals surface area contributed by atoms with E-state index < -0.39 is 0 Å². The molecule has 1 aromatic rings. The Morgan fingerprint density at radius 1 is 1.28 bits per heavy atom. The summed E-state index contributed by atoms with van der Waals surface area (Å²) in [4.78, 5) is 2.10. The van der Waals surface area contributed by atoms with Gasteiger partial charge in [0.15, 0.2) is 0 Å². The molecule has 0 aliphatic rings. The lowest BCUT2D eigenvalue weighted by Crippen LogP contribution is -2.27. The number of methoxy groups -OCH3 is 2. The number of benzene rings is 1. The molecule has 1 N–H and O–H groups in total. The van der Waals surface area contributed by atoms with Crippen molar-refractivity contribution >= 4 is 5.69 Å². The number of hydrogen-bond donors (Lipinski definition) is 1. The summed E-state index contributed by atoms with van der Waals surface area (Å²) in [6.45, 7) is 3.09. The van der Waals surface area contributed by atoms with E-state index in [0.717, 1.165) is 30.2 Å². The Morgan fingerprint density at radius 2 is 2.00 bits per heavy atom. The first-order valence-corrected chi connectivity index (χ1v) is 6.20. The molecule has 18 heavy (non-hydrogen) atoms. The van der Waals surface area contributed by atoms with Crippen molar-refractivity contribution in [1.82, 2.24) is 0 Å². The van der Waals surface area contributed by atoms with Gasteiger partial charge in [0.05, 0.1) is 19.9 Å². The van der Waals surface area contributed by atoms with Gasteiger partial charge < -0.3 is 19.5 Å². The van der Waals surface area contributed by atoms with Crippen LogP contribution in [0.5, 0.6) is 11.5 Å². The highest BCUT2D eigenvalue weighted by Gasteiger charge is 2.13. The lowest BCUT2D eigenvalue weighted by molar-refractivity contribution is 0.225. The molecule has 1 atom stereocenters. The summed E-state index contributed by atoms with van der Waals surface area (Å²) < 4.78 is 10.5. The zero-order valence-corrected chi connectivity index (χ0v) is 11.6. The molecule has 0 radical (unpaired) electrons. The van der Waals surface area contributed by atoms with Gasteiger partial charge in [-0.2, -0.15) is 0 Å². The van der Waals surface area contributed by atoms with E-state index in [1.807, 2.05) is 25.2 Å². The van der Waals surface area contributed by atoms with Crippen molar-refractivity contribution in [3.05, 3.63) is 18.2 Å². The van der Waals surface area contributed by atoms with Crippen molar-refractivity contribution in [1.29, 1.82) is 0 Å². The summed E-state index contributed by atoms with van der Waals surface area (Å²) >= 11 is 0. The minimum Gasteiger partial charge on any atom is -0.497 e. The quantitative estimate of drug-likeness (QED) is 0.808. The molecular formula is C14H23NO3. The summed E-state index contributed by atoms with van der Waals surface area (Å²) in [5.41, 5.74) is 1.00. The van der Waals surface area contributed by atoms with Gasteiger partial charge in [0.2, 0.25) is 0 Å². The molecular weight excluding hydrogens is 230 g/mol. The van der Waals surface area contributed by atoms with E-state index in [9.17, 15) is 5.11 Å². The SMILES string of the molecule is CCC(CO)CN(C)c1ccc(OC)cc1OC. The molecule has 0 saturated carbocycles. The van der Waals surface area contributed by atoms with Crippen molar-refractivity contribution in [2.24, 2.45) is 5.92 Å². The van der Waals surface area contributed by atoms with Crippen LogP contribution in [-0.2, 0) is 0 Å². The van der Waals surface area contributed by atoms with Crippen molar-refractivity contribution in [2.45, 2.75) is 13.3 Å². The summed E-state index contributed by atoms with van der Waals surface area (Å²) in [6.07, 6.45) is 0.958. The van der Waals surface area contributed by atoms with Crippen LogP contribution in [0.2, 0.25) is 0 Å². The Balaban J connectivity index is 2.87. The average molecular weight is 253 g/mol. The van der Waals surface area contributed by atoms with E-state index in [1.54, 1.807) is 14.2 Å². The van der Waals surface area contributed by atoms with Gasteiger partial charge in [-0.3, -0.25) is 0 Å². The number of anilines is 1. The molecule has 1 rings (SSSR count). The van der Waals surface area contributed by atoms with Crippen LogP contribution in [0.15, 0.2) is 18.2 Å². The molecule has 0 aliphatic heterocycles. The molecule has 0 heterocycles. The minimum atomic E-state index is 0.208. The van der Waals surface area contributed by atoms with E-state index in [-0.39, 0.29) is 12.5 Å². The van der Waals surface area contributed by atoms with Gasteiger partial charge in [-0.05, 0) is 24.5 Å². The fourth-order valence-corrected chi connectivity index (χ4v) is 1.90. The molecule has 0 fully saturated rings. The minimum absolute atomic E-state index is 0.208. The van der Waals surface area contributed by atoms with E-state index >= 15 is 0 Å². The highest BCUT2D eigenvalue weighted by Crippen LogP contribution is 2.31. The molecule has 1 unspecified atom stereocenters. The number of rotatable bonds is 7. The van der Waals surface area contributed by atoms with Gasteiger partial charge in [0, 0.05) is 26.3 Å². The Labute approximate surface area is 109 Å². The second-order valence-corrected chi connectivity index (χ2v) is 4.38. The topological polar surface area (TPSA) is 41.9 Å². The summed E-state index contributed by atoms with van der Waals surface area (Å²) in [6, 6.07) is 5.75. The Bertz CT molecular complexity index is 364. The lowest BCUT2D eigenvalue weighted by Gasteiger charge is -2.25. The molecule has 4 nitrogen and oxygen atoms in total. The molecule has 0 spiro atoms. The lowest BCUT2D eigenvalue weighted by atomic mass is 10.1. The molecule has 0 saturated heterocycles. The number of hydrogen-bond acceptors (Lipinski definition) is 4. The number of nitrogens with zero attached hydrogens (tertiary/aromatic N) is 1. The molecule has 4 heteroatoms. The van der Waals surface area contributed by atoms with Crippen LogP contribution in [0.4, 0.5) is 5.69 Å². The first-order chi connectivity index (χ1) is 8.65. The van der Waals surface area contributed by atoms with E-state index in [2.05, 4.69) is 11.8 Å². The van der Waals surface area contributed by atoms with Gasteiger partial charge in [-0.1, -0.05) is 6.92 Å². The predicted octanol–water partition coefficient (Wildman–Crippen LogP) is 2.16. The van der Waals surface area contributed by atoms with Crippen LogP contribution in [-0.4, -0.2) is 39.5 Å². The molecule has 0 aromatic heterocycles. The highest BCUT2D eigenvalue weighted by molar-refractivity contribution is 5.60. The third-order valence-electron chi connectivity index (χ3n) is 3.17. The van der Waals surface area contributed by atoms with Gasteiger partial charge in [-0.15, -0.1) is 0 Å². The maximum Gasteiger partial charge on any atom is 0.145 e. The molecule has 102 valence electrons. The van der Waals surface area contributed by atoms with Crippen LogP contribution in [0.1, 0.15) is 13.3 Å². The second-order valence-electron chi connectivity index (χ2n) is 4.38. The maximum absolute atomic E-state index is 9.25. The monoisotopic (exact) mass is 253 g/mol. The van der Waals surface area contributed by atoms with Crippen molar-refractivity contribution in [2.75, 3.05) is 39.3 Å². The normalized spacial score (nSPS) is 12.1. The number of aliphatic hydroxyl groups is 1. The predicted molar refractivity (Wildman–Crippen MR) is 73.7 cm³/mol. The van der Waals surface area contributed by atoms with Gasteiger partial charge >= 0.3 is 0 Å². The molecule has 0 amide bonds. The maximum atomic E-state index is 9.25. The van der Waals surface area contributed by atoms with Gasteiger partial charge in [0.1, 0.15) is 11.5 Å². The van der Waals surface area contributed by atoms with Crippen LogP contribution in [0, 0.1) is 5.92 Å². The molecule has 1 aromatic carbocycles. The standard InChI is InChI=1S/C14H23NO3/c1-5-11(10-16)9-15(2)13-7-6-12(17-3)8-14(13)18-4/h6-8,11,16H,5,9-10H2,1-4H3. The van der Waals surface area contributed by atoms with Crippen LogP contribution < -0.4 is 14.4 Å². The largest absolute Gasteiger partial charge is 0.497 e. The summed E-state index contributed by atoms with van der Waals surface area (Å²) in [7, 11) is 5.29. The van der Waals surface area contributed by atoms with E-state index in [4.69, 9.17) is 9.47 Å². The van der Waals surface area contributed by atoms with Crippen LogP contribution in [0.3, 0.4) is 0 Å². The zero-order valence-electron chi connectivity index (χ0n) is 11.6. The van der Waals surface area contributed by atoms with E-state index in [1.165, 1.54) is 0 Å². The summed E-state index contributed by atoms with van der Waals surface area (Å²) in [5.74, 6) is 1.84. The first-order valence-electron chi connectivity index (χ1n) is 6.20. The first kappa shape index (κ1) is 14.6. The van der Waals surface area contributed by atoms with Crippen molar-refractivity contribution in [3.63, 3.8) is 0 Å². The Hall–Kier alpha value is -1.42. The smallest absolute Gasteiger partial charge is 0.145 e. The van der Waals surface area contributed by atoms with Crippen LogP contribution in [0.25, 0.3) is 0 Å². The third kappa shape index (κ3) is 3.53.